The first kappa shape index (κ1) is 12.1. The molecule has 1 saturated heterocycles. The highest BCUT2D eigenvalue weighted by Crippen LogP contribution is 2.49. The van der Waals surface area contributed by atoms with Crippen LogP contribution in [0.3, 0.4) is 0 Å². The summed E-state index contributed by atoms with van der Waals surface area (Å²) in [6.07, 6.45) is 0. The first-order valence-corrected chi connectivity index (χ1v) is 5.98. The first-order chi connectivity index (χ1) is 9.13. The standard InChI is InChI=1S/C16H12F2O/c1-11(12-6-8-13(17)9-7-12)16(10-19-16)14-4-2-3-5-15(14)18/h2-9H,1,10H2. The lowest BCUT2D eigenvalue weighted by molar-refractivity contribution is 0.357. The molecule has 0 N–H and O–H groups in total. The van der Waals surface area contributed by atoms with Gasteiger partial charge in [0.2, 0.25) is 0 Å². The van der Waals surface area contributed by atoms with Crippen LogP contribution in [-0.4, -0.2) is 6.61 Å². The molecule has 19 heavy (non-hydrogen) atoms. The summed E-state index contributed by atoms with van der Waals surface area (Å²) >= 11 is 0. The Bertz CT molecular complexity index is 627. The molecular weight excluding hydrogens is 246 g/mol. The van der Waals surface area contributed by atoms with Gasteiger partial charge in [-0.25, -0.2) is 8.78 Å². The van der Waals surface area contributed by atoms with Gasteiger partial charge in [0.25, 0.3) is 0 Å². The van der Waals surface area contributed by atoms with E-state index >= 15 is 0 Å². The van der Waals surface area contributed by atoms with Crippen LogP contribution < -0.4 is 0 Å². The maximum atomic E-state index is 13.9. The van der Waals surface area contributed by atoms with Crippen LogP contribution in [0, 0.1) is 11.6 Å². The molecule has 96 valence electrons. The molecule has 2 aromatic rings. The Morgan fingerprint density at radius 2 is 1.68 bits per heavy atom. The van der Waals surface area contributed by atoms with Crippen LogP contribution in [-0.2, 0) is 10.3 Å². The van der Waals surface area contributed by atoms with Gasteiger partial charge in [0, 0.05) is 5.56 Å². The van der Waals surface area contributed by atoms with Crippen molar-refractivity contribution in [1.29, 1.82) is 0 Å². The Kier molecular flexibility index (Phi) is 2.72. The van der Waals surface area contributed by atoms with E-state index in [1.54, 1.807) is 30.3 Å². The second-order valence-electron chi connectivity index (χ2n) is 4.58. The number of hydrogen-bond acceptors (Lipinski definition) is 1. The summed E-state index contributed by atoms with van der Waals surface area (Å²) < 4.78 is 32.3. The van der Waals surface area contributed by atoms with Gasteiger partial charge in [0.15, 0.2) is 0 Å². The van der Waals surface area contributed by atoms with E-state index < -0.39 is 5.60 Å². The van der Waals surface area contributed by atoms with Crippen LogP contribution in [0.5, 0.6) is 0 Å². The molecule has 0 spiro atoms. The number of epoxide rings is 1. The number of rotatable bonds is 3. The summed E-state index contributed by atoms with van der Waals surface area (Å²) in [6, 6.07) is 12.5. The number of halogens is 2. The Hall–Kier alpha value is -2.00. The molecule has 1 aliphatic heterocycles. The van der Waals surface area contributed by atoms with Crippen molar-refractivity contribution < 1.29 is 13.5 Å². The van der Waals surface area contributed by atoms with Crippen LogP contribution in [0.25, 0.3) is 5.57 Å². The van der Waals surface area contributed by atoms with E-state index in [1.165, 1.54) is 18.2 Å². The van der Waals surface area contributed by atoms with Gasteiger partial charge in [-0.05, 0) is 29.3 Å². The second kappa shape index (κ2) is 4.28. The molecule has 2 aromatic carbocycles. The third-order valence-electron chi connectivity index (χ3n) is 3.42. The largest absolute Gasteiger partial charge is 0.359 e. The lowest BCUT2D eigenvalue weighted by atomic mass is 9.88. The zero-order valence-electron chi connectivity index (χ0n) is 10.2. The van der Waals surface area contributed by atoms with Crippen LogP contribution in [0.2, 0.25) is 0 Å². The summed E-state index contributed by atoms with van der Waals surface area (Å²) in [5.41, 5.74) is 1.08. The molecule has 0 saturated carbocycles. The van der Waals surface area contributed by atoms with E-state index in [4.69, 9.17) is 4.74 Å². The van der Waals surface area contributed by atoms with E-state index in [1.807, 2.05) is 0 Å². The Balaban J connectivity index is 2.00. The fourth-order valence-corrected chi connectivity index (χ4v) is 2.24. The molecule has 1 nitrogen and oxygen atoms in total. The molecule has 1 atom stereocenters. The molecule has 0 aromatic heterocycles. The summed E-state index contributed by atoms with van der Waals surface area (Å²) in [5, 5.41) is 0. The summed E-state index contributed by atoms with van der Waals surface area (Å²) in [6.45, 7) is 4.39. The van der Waals surface area contributed by atoms with E-state index in [0.717, 1.165) is 5.56 Å². The molecule has 1 fully saturated rings. The highest BCUT2D eigenvalue weighted by molar-refractivity contribution is 5.74. The third kappa shape index (κ3) is 1.96. The van der Waals surface area contributed by atoms with Gasteiger partial charge in [-0.3, -0.25) is 0 Å². The van der Waals surface area contributed by atoms with Gasteiger partial charge >= 0.3 is 0 Å². The summed E-state index contributed by atoms with van der Waals surface area (Å²) in [4.78, 5) is 0. The Morgan fingerprint density at radius 1 is 1.05 bits per heavy atom. The lowest BCUT2D eigenvalue weighted by Crippen LogP contribution is -2.13. The van der Waals surface area contributed by atoms with Crippen molar-refractivity contribution in [3.63, 3.8) is 0 Å². The van der Waals surface area contributed by atoms with E-state index in [-0.39, 0.29) is 11.6 Å². The minimum Gasteiger partial charge on any atom is -0.359 e. The molecule has 3 rings (SSSR count). The predicted molar refractivity (Wildman–Crippen MR) is 69.5 cm³/mol. The van der Waals surface area contributed by atoms with Gasteiger partial charge in [0.05, 0.1) is 6.61 Å². The first-order valence-electron chi connectivity index (χ1n) is 5.98. The lowest BCUT2D eigenvalue weighted by Gasteiger charge is -2.16. The minimum absolute atomic E-state index is 0.312. The van der Waals surface area contributed by atoms with Crippen molar-refractivity contribution >= 4 is 5.57 Å². The third-order valence-corrected chi connectivity index (χ3v) is 3.42. The topological polar surface area (TPSA) is 12.5 Å². The molecule has 1 unspecified atom stereocenters. The van der Waals surface area contributed by atoms with Crippen LogP contribution in [0.15, 0.2) is 55.1 Å². The average Bonchev–Trinajstić information content (AvgIpc) is 3.21. The molecule has 0 aliphatic carbocycles. The molecule has 1 heterocycles. The fourth-order valence-electron chi connectivity index (χ4n) is 2.24. The van der Waals surface area contributed by atoms with Crippen molar-refractivity contribution in [3.05, 3.63) is 77.9 Å². The van der Waals surface area contributed by atoms with Gasteiger partial charge in [-0.15, -0.1) is 0 Å². The summed E-state index contributed by atoms with van der Waals surface area (Å²) in [7, 11) is 0. The Labute approximate surface area is 110 Å². The average molecular weight is 258 g/mol. The van der Waals surface area contributed by atoms with Gasteiger partial charge in [-0.1, -0.05) is 36.9 Å². The number of hydrogen-bond donors (Lipinski definition) is 0. The van der Waals surface area contributed by atoms with E-state index in [2.05, 4.69) is 6.58 Å². The molecule has 0 radical (unpaired) electrons. The minimum atomic E-state index is -0.802. The molecule has 3 heteroatoms. The van der Waals surface area contributed by atoms with Crippen molar-refractivity contribution in [3.8, 4) is 0 Å². The van der Waals surface area contributed by atoms with Gasteiger partial charge < -0.3 is 4.74 Å². The van der Waals surface area contributed by atoms with Crippen molar-refractivity contribution in [2.24, 2.45) is 0 Å². The van der Waals surface area contributed by atoms with Crippen LogP contribution >= 0.6 is 0 Å². The summed E-state index contributed by atoms with van der Waals surface area (Å²) in [5.74, 6) is -0.628. The molecule has 1 aliphatic rings. The monoisotopic (exact) mass is 258 g/mol. The zero-order chi connectivity index (χ0) is 13.5. The molecular formula is C16H12F2O. The Morgan fingerprint density at radius 3 is 2.26 bits per heavy atom. The smallest absolute Gasteiger partial charge is 0.144 e. The maximum absolute atomic E-state index is 13.9. The van der Waals surface area contributed by atoms with Gasteiger partial charge in [0.1, 0.15) is 17.2 Å². The zero-order valence-corrected chi connectivity index (χ0v) is 10.2. The van der Waals surface area contributed by atoms with E-state index in [9.17, 15) is 8.78 Å². The molecule has 0 bridgehead atoms. The molecule has 0 amide bonds. The van der Waals surface area contributed by atoms with Crippen molar-refractivity contribution in [2.45, 2.75) is 5.60 Å². The predicted octanol–water partition coefficient (Wildman–Crippen LogP) is 3.90. The van der Waals surface area contributed by atoms with Crippen molar-refractivity contribution in [1.82, 2.24) is 0 Å². The van der Waals surface area contributed by atoms with Crippen molar-refractivity contribution in [2.75, 3.05) is 6.61 Å². The number of ether oxygens (including phenoxy) is 1. The normalized spacial score (nSPS) is 21.2. The quantitative estimate of drug-likeness (QED) is 0.760. The van der Waals surface area contributed by atoms with Gasteiger partial charge in [-0.2, -0.15) is 0 Å². The van der Waals surface area contributed by atoms with E-state index in [0.29, 0.717) is 17.7 Å². The van der Waals surface area contributed by atoms with Crippen LogP contribution in [0.1, 0.15) is 11.1 Å². The number of benzene rings is 2. The highest BCUT2D eigenvalue weighted by Gasteiger charge is 2.51. The van der Waals surface area contributed by atoms with Crippen LogP contribution in [0.4, 0.5) is 8.78 Å². The fraction of sp³-hybridized carbons (Fsp3) is 0.125. The SMILES string of the molecule is C=C(c1ccc(F)cc1)C1(c2ccccc2F)CO1. The highest BCUT2D eigenvalue weighted by atomic mass is 19.1. The second-order valence-corrected chi connectivity index (χ2v) is 4.58. The maximum Gasteiger partial charge on any atom is 0.144 e.